The minimum Gasteiger partial charge on any atom is -0.480 e. The Bertz CT molecular complexity index is 341. The fourth-order valence-corrected chi connectivity index (χ4v) is 1.99. The number of carbonyl (C=O) groups is 3. The molecular weight excluding hydrogens is 276 g/mol. The normalized spacial score (nSPS) is 13.5. The number of hydrogen-bond donors (Lipinski definition) is 3. The van der Waals surface area contributed by atoms with Crippen LogP contribution in [-0.4, -0.2) is 51.6 Å². The Labute approximate surface area is 125 Å². The van der Waals surface area contributed by atoms with Gasteiger partial charge in [0, 0.05) is 19.4 Å². The molecule has 0 aromatic heterocycles. The molecule has 0 fully saturated rings. The van der Waals surface area contributed by atoms with Gasteiger partial charge in [0.05, 0.1) is 6.10 Å². The molecule has 0 aromatic carbocycles. The predicted molar refractivity (Wildman–Crippen MR) is 77.4 cm³/mol. The van der Waals surface area contributed by atoms with Gasteiger partial charge in [-0.15, -0.1) is 0 Å². The first-order chi connectivity index (χ1) is 9.88. The first-order valence-corrected chi connectivity index (χ1v) is 7.34. The summed E-state index contributed by atoms with van der Waals surface area (Å²) in [5, 5.41) is 18.8. The minimum absolute atomic E-state index is 0.00138. The molecule has 21 heavy (non-hydrogen) atoms. The summed E-state index contributed by atoms with van der Waals surface area (Å²) in [6.45, 7) is 3.58. The second kappa shape index (κ2) is 10.3. The maximum Gasteiger partial charge on any atom is 0.326 e. The molecule has 0 rings (SSSR count). The molecule has 0 unspecified atom stereocenters. The van der Waals surface area contributed by atoms with Gasteiger partial charge < -0.3 is 15.9 Å². The largest absolute Gasteiger partial charge is 0.480 e. The van der Waals surface area contributed by atoms with Gasteiger partial charge in [-0.2, -0.15) is 0 Å². The van der Waals surface area contributed by atoms with Crippen molar-refractivity contribution in [3.8, 4) is 0 Å². The number of imide groups is 1. The van der Waals surface area contributed by atoms with E-state index in [0.717, 1.165) is 4.90 Å². The zero-order valence-electron chi connectivity index (χ0n) is 12.7. The summed E-state index contributed by atoms with van der Waals surface area (Å²) in [6, 6.07) is -1.25. The first-order valence-electron chi connectivity index (χ1n) is 7.34. The van der Waals surface area contributed by atoms with Gasteiger partial charge in [0.1, 0.15) is 6.04 Å². The Morgan fingerprint density at radius 1 is 1.05 bits per heavy atom. The maximum absolute atomic E-state index is 12.1. The van der Waals surface area contributed by atoms with Crippen LogP contribution in [0.1, 0.15) is 52.4 Å². The van der Waals surface area contributed by atoms with Gasteiger partial charge in [-0.3, -0.25) is 14.5 Å². The van der Waals surface area contributed by atoms with Crippen molar-refractivity contribution in [2.24, 2.45) is 5.73 Å². The third-order valence-corrected chi connectivity index (χ3v) is 3.11. The van der Waals surface area contributed by atoms with Crippen molar-refractivity contribution in [1.82, 2.24) is 4.90 Å². The second-order valence-corrected chi connectivity index (χ2v) is 4.98. The molecule has 0 saturated carbocycles. The van der Waals surface area contributed by atoms with Crippen molar-refractivity contribution < 1.29 is 24.6 Å². The average Bonchev–Trinajstić information content (AvgIpc) is 2.42. The molecule has 0 aliphatic carbocycles. The Morgan fingerprint density at radius 2 is 1.52 bits per heavy atom. The van der Waals surface area contributed by atoms with Crippen LogP contribution in [0.4, 0.5) is 0 Å². The molecule has 7 nitrogen and oxygen atoms in total. The van der Waals surface area contributed by atoms with E-state index >= 15 is 0 Å². The molecule has 0 spiro atoms. The van der Waals surface area contributed by atoms with Gasteiger partial charge in [-0.25, -0.2) is 4.79 Å². The molecule has 0 heterocycles. The van der Waals surface area contributed by atoms with E-state index in [9.17, 15) is 24.6 Å². The molecule has 0 radical (unpaired) electrons. The highest BCUT2D eigenvalue weighted by molar-refractivity contribution is 5.99. The summed E-state index contributed by atoms with van der Waals surface area (Å²) in [7, 11) is 0. The monoisotopic (exact) mass is 302 g/mol. The standard InChI is InChI=1S/C14H26N2O5/c1-3-5-12(18)16(13(19)6-4-2)11(14(20)21)8-7-10(17)9-15/h10-11,17H,3-9,15H2,1-2H3,(H,20,21)/t10-,11+/m1/s1. The number of nitrogens with zero attached hydrogens (tertiary/aromatic N) is 1. The third kappa shape index (κ3) is 6.68. The van der Waals surface area contributed by atoms with Gasteiger partial charge in [0.2, 0.25) is 11.8 Å². The van der Waals surface area contributed by atoms with E-state index in [4.69, 9.17) is 5.73 Å². The smallest absolute Gasteiger partial charge is 0.326 e. The molecule has 4 N–H and O–H groups in total. The predicted octanol–water partition coefficient (Wildman–Crippen LogP) is 0.495. The van der Waals surface area contributed by atoms with Crippen LogP contribution in [-0.2, 0) is 14.4 Å². The van der Waals surface area contributed by atoms with Crippen molar-refractivity contribution in [2.45, 2.75) is 64.5 Å². The summed E-state index contributed by atoms with van der Waals surface area (Å²) in [5.74, 6) is -2.20. The van der Waals surface area contributed by atoms with Crippen LogP contribution >= 0.6 is 0 Å². The van der Waals surface area contributed by atoms with E-state index in [2.05, 4.69) is 0 Å². The van der Waals surface area contributed by atoms with Crippen molar-refractivity contribution in [1.29, 1.82) is 0 Å². The van der Waals surface area contributed by atoms with Gasteiger partial charge in [-0.1, -0.05) is 13.8 Å². The van der Waals surface area contributed by atoms with E-state index in [1.54, 1.807) is 13.8 Å². The number of amides is 2. The molecule has 0 saturated heterocycles. The third-order valence-electron chi connectivity index (χ3n) is 3.11. The van der Waals surface area contributed by atoms with E-state index in [1.165, 1.54) is 0 Å². The number of aliphatic carboxylic acids is 1. The molecule has 2 amide bonds. The molecule has 0 bridgehead atoms. The summed E-state index contributed by atoms with van der Waals surface area (Å²) >= 11 is 0. The van der Waals surface area contributed by atoms with Crippen LogP contribution in [0.15, 0.2) is 0 Å². The molecule has 0 aliphatic rings. The zero-order valence-corrected chi connectivity index (χ0v) is 12.7. The van der Waals surface area contributed by atoms with Gasteiger partial charge in [-0.05, 0) is 25.7 Å². The van der Waals surface area contributed by atoms with Crippen molar-refractivity contribution in [3.05, 3.63) is 0 Å². The lowest BCUT2D eigenvalue weighted by Crippen LogP contribution is -2.49. The van der Waals surface area contributed by atoms with E-state index in [-0.39, 0.29) is 32.2 Å². The summed E-state index contributed by atoms with van der Waals surface area (Å²) in [5.41, 5.74) is 5.28. The Kier molecular flexibility index (Phi) is 9.56. The van der Waals surface area contributed by atoms with Crippen LogP contribution in [0.3, 0.4) is 0 Å². The quantitative estimate of drug-likeness (QED) is 0.540. The molecule has 122 valence electrons. The van der Waals surface area contributed by atoms with Crippen LogP contribution in [0.2, 0.25) is 0 Å². The topological polar surface area (TPSA) is 121 Å². The highest BCUT2D eigenvalue weighted by atomic mass is 16.4. The minimum atomic E-state index is -1.25. The van der Waals surface area contributed by atoms with E-state index in [0.29, 0.717) is 12.8 Å². The number of carbonyl (C=O) groups excluding carboxylic acids is 2. The Morgan fingerprint density at radius 3 is 1.86 bits per heavy atom. The highest BCUT2D eigenvalue weighted by Crippen LogP contribution is 2.14. The molecule has 0 aromatic rings. The van der Waals surface area contributed by atoms with E-state index in [1.807, 2.05) is 0 Å². The lowest BCUT2D eigenvalue weighted by molar-refractivity contribution is -0.158. The number of carboxylic acids is 1. The Hall–Kier alpha value is -1.47. The zero-order chi connectivity index (χ0) is 16.4. The summed E-state index contributed by atoms with van der Waals surface area (Å²) in [4.78, 5) is 36.4. The molecular formula is C14H26N2O5. The maximum atomic E-state index is 12.1. The average molecular weight is 302 g/mol. The second-order valence-electron chi connectivity index (χ2n) is 4.98. The van der Waals surface area contributed by atoms with Crippen LogP contribution in [0.25, 0.3) is 0 Å². The van der Waals surface area contributed by atoms with Gasteiger partial charge in [0.15, 0.2) is 0 Å². The van der Waals surface area contributed by atoms with Crippen LogP contribution in [0, 0.1) is 0 Å². The van der Waals surface area contributed by atoms with Crippen LogP contribution < -0.4 is 5.73 Å². The fourth-order valence-electron chi connectivity index (χ4n) is 1.99. The number of hydrogen-bond acceptors (Lipinski definition) is 5. The first kappa shape index (κ1) is 19.5. The van der Waals surface area contributed by atoms with Crippen molar-refractivity contribution in [2.75, 3.05) is 6.54 Å². The van der Waals surface area contributed by atoms with Gasteiger partial charge in [0.25, 0.3) is 0 Å². The number of aliphatic hydroxyl groups excluding tert-OH is 1. The SMILES string of the molecule is CCCC(=O)N(C(=O)CCC)[C@@H](CC[C@@H](O)CN)C(=O)O. The fraction of sp³-hybridized carbons (Fsp3) is 0.786. The van der Waals surface area contributed by atoms with E-state index < -0.39 is 29.9 Å². The highest BCUT2D eigenvalue weighted by Gasteiger charge is 2.33. The van der Waals surface area contributed by atoms with Crippen molar-refractivity contribution >= 4 is 17.8 Å². The summed E-state index contributed by atoms with van der Waals surface area (Å²) in [6.07, 6.45) is 0.605. The van der Waals surface area contributed by atoms with Crippen molar-refractivity contribution in [3.63, 3.8) is 0 Å². The Balaban J connectivity index is 5.13. The summed E-state index contributed by atoms with van der Waals surface area (Å²) < 4.78 is 0. The molecule has 0 aliphatic heterocycles. The number of aliphatic hydroxyl groups is 1. The molecule has 7 heteroatoms. The number of rotatable bonds is 10. The number of nitrogens with two attached hydrogens (primary N) is 1. The van der Waals surface area contributed by atoms with Gasteiger partial charge >= 0.3 is 5.97 Å². The lowest BCUT2D eigenvalue weighted by Gasteiger charge is -2.28. The van der Waals surface area contributed by atoms with Crippen LogP contribution in [0.5, 0.6) is 0 Å². The lowest BCUT2D eigenvalue weighted by atomic mass is 10.0. The molecule has 2 atom stereocenters. The number of carboxylic acid groups (broad SMARTS) is 1.